The molecule has 1 aliphatic heterocycles. The van der Waals surface area contributed by atoms with Crippen molar-refractivity contribution in [2.24, 2.45) is 11.7 Å². The Morgan fingerprint density at radius 2 is 1.95 bits per heavy atom. The van der Waals surface area contributed by atoms with Crippen LogP contribution >= 0.6 is 12.4 Å². The zero-order valence-corrected chi connectivity index (χ0v) is 11.0. The van der Waals surface area contributed by atoms with E-state index in [-0.39, 0.29) is 18.3 Å². The van der Waals surface area contributed by atoms with Crippen LogP contribution in [0.5, 0.6) is 0 Å². The van der Waals surface area contributed by atoms with Crippen molar-refractivity contribution >= 4 is 18.3 Å². The fourth-order valence-corrected chi connectivity index (χ4v) is 1.72. The molecule has 114 valence electrons. The molecule has 2 atom stereocenters. The van der Waals surface area contributed by atoms with Gasteiger partial charge in [0.2, 0.25) is 5.91 Å². The first kappa shape index (κ1) is 18.4. The van der Waals surface area contributed by atoms with E-state index in [4.69, 9.17) is 15.6 Å². The minimum atomic E-state index is -4.74. The topological polar surface area (TPSA) is 84.6 Å². The number of rotatable bonds is 4. The summed E-state index contributed by atoms with van der Waals surface area (Å²) < 4.78 is 41.1. The molecule has 1 saturated heterocycles. The molecule has 1 aliphatic rings. The minimum absolute atomic E-state index is 0. The second-order valence-electron chi connectivity index (χ2n) is 4.28. The highest BCUT2D eigenvalue weighted by molar-refractivity contribution is 5.85. The molecule has 0 aromatic rings. The summed E-state index contributed by atoms with van der Waals surface area (Å²) in [6.45, 7) is 0.118. The molecule has 0 aromatic heterocycles. The van der Waals surface area contributed by atoms with Gasteiger partial charge in [0.1, 0.15) is 0 Å². The van der Waals surface area contributed by atoms with Crippen LogP contribution in [0.25, 0.3) is 0 Å². The van der Waals surface area contributed by atoms with Gasteiger partial charge in [-0.15, -0.1) is 12.4 Å². The molecule has 1 amide bonds. The SMILES string of the molecule is Cl.NC(C(=O)NCC(O)C(F)(F)F)C1CCOCC1. The summed E-state index contributed by atoms with van der Waals surface area (Å²) in [7, 11) is 0. The molecule has 1 fully saturated rings. The summed E-state index contributed by atoms with van der Waals surface area (Å²) in [5.74, 6) is -0.771. The Labute approximate surface area is 115 Å². The van der Waals surface area contributed by atoms with Gasteiger partial charge in [-0.3, -0.25) is 4.79 Å². The van der Waals surface area contributed by atoms with E-state index in [0.29, 0.717) is 26.1 Å². The third-order valence-electron chi connectivity index (χ3n) is 2.92. The van der Waals surface area contributed by atoms with E-state index >= 15 is 0 Å². The molecule has 19 heavy (non-hydrogen) atoms. The number of hydrogen-bond donors (Lipinski definition) is 3. The Balaban J connectivity index is 0.00000324. The maximum atomic E-state index is 12.0. The summed E-state index contributed by atoms with van der Waals surface area (Å²) in [4.78, 5) is 11.5. The van der Waals surface area contributed by atoms with Gasteiger partial charge in [-0.25, -0.2) is 0 Å². The monoisotopic (exact) mass is 306 g/mol. The van der Waals surface area contributed by atoms with Crippen molar-refractivity contribution < 1.29 is 27.8 Å². The fourth-order valence-electron chi connectivity index (χ4n) is 1.72. The van der Waals surface area contributed by atoms with Crippen LogP contribution in [0.3, 0.4) is 0 Å². The number of aliphatic hydroxyl groups excluding tert-OH is 1. The third-order valence-corrected chi connectivity index (χ3v) is 2.92. The zero-order valence-electron chi connectivity index (χ0n) is 10.2. The number of carbonyl (C=O) groups is 1. The third kappa shape index (κ3) is 5.94. The number of ether oxygens (including phenoxy) is 1. The smallest absolute Gasteiger partial charge is 0.382 e. The quantitative estimate of drug-likeness (QED) is 0.693. The normalized spacial score (nSPS) is 20.3. The molecule has 0 aliphatic carbocycles. The molecule has 0 bridgehead atoms. The van der Waals surface area contributed by atoms with Crippen molar-refractivity contribution in [1.82, 2.24) is 5.32 Å². The highest BCUT2D eigenvalue weighted by Crippen LogP contribution is 2.20. The van der Waals surface area contributed by atoms with E-state index in [1.165, 1.54) is 0 Å². The van der Waals surface area contributed by atoms with Crippen molar-refractivity contribution in [3.8, 4) is 0 Å². The number of nitrogens with one attached hydrogen (secondary N) is 1. The molecule has 0 saturated carbocycles. The molecule has 4 N–H and O–H groups in total. The van der Waals surface area contributed by atoms with Gasteiger partial charge in [-0.05, 0) is 18.8 Å². The van der Waals surface area contributed by atoms with Crippen molar-refractivity contribution in [3.63, 3.8) is 0 Å². The molecule has 0 aromatic carbocycles. The van der Waals surface area contributed by atoms with Gasteiger partial charge in [0, 0.05) is 13.2 Å². The van der Waals surface area contributed by atoms with Gasteiger partial charge in [0.25, 0.3) is 0 Å². The summed E-state index contributed by atoms with van der Waals surface area (Å²) in [6.07, 6.45) is -6.09. The van der Waals surface area contributed by atoms with Crippen LogP contribution in [-0.4, -0.2) is 49.1 Å². The molecular weight excluding hydrogens is 289 g/mol. The average molecular weight is 307 g/mol. The average Bonchev–Trinajstić information content (AvgIpc) is 2.34. The van der Waals surface area contributed by atoms with E-state index in [2.05, 4.69) is 0 Å². The lowest BCUT2D eigenvalue weighted by Gasteiger charge is -2.27. The number of carbonyl (C=O) groups excluding carboxylic acids is 1. The number of hydrogen-bond acceptors (Lipinski definition) is 4. The van der Waals surface area contributed by atoms with Crippen LogP contribution in [0, 0.1) is 5.92 Å². The van der Waals surface area contributed by atoms with E-state index in [1.807, 2.05) is 5.32 Å². The summed E-state index contributed by atoms with van der Waals surface area (Å²) in [5, 5.41) is 10.7. The molecule has 5 nitrogen and oxygen atoms in total. The second kappa shape index (κ2) is 7.88. The second-order valence-corrected chi connectivity index (χ2v) is 4.28. The highest BCUT2D eigenvalue weighted by atomic mass is 35.5. The fraction of sp³-hybridized carbons (Fsp3) is 0.900. The van der Waals surface area contributed by atoms with Gasteiger partial charge in [0.15, 0.2) is 6.10 Å². The lowest BCUT2D eigenvalue weighted by atomic mass is 9.92. The van der Waals surface area contributed by atoms with Crippen LogP contribution in [-0.2, 0) is 9.53 Å². The number of halogens is 4. The molecular formula is C10H18ClF3N2O3. The first-order valence-electron chi connectivity index (χ1n) is 5.68. The molecule has 2 unspecified atom stereocenters. The van der Waals surface area contributed by atoms with Crippen molar-refractivity contribution in [2.45, 2.75) is 31.2 Å². The molecule has 1 heterocycles. The maximum absolute atomic E-state index is 12.0. The van der Waals surface area contributed by atoms with E-state index < -0.39 is 30.8 Å². The number of aliphatic hydroxyl groups is 1. The van der Waals surface area contributed by atoms with Crippen molar-refractivity contribution in [2.75, 3.05) is 19.8 Å². The molecule has 1 rings (SSSR count). The first-order valence-corrected chi connectivity index (χ1v) is 5.68. The van der Waals surface area contributed by atoms with Crippen molar-refractivity contribution in [3.05, 3.63) is 0 Å². The van der Waals surface area contributed by atoms with Gasteiger partial charge >= 0.3 is 6.18 Å². The maximum Gasteiger partial charge on any atom is 0.416 e. The lowest BCUT2D eigenvalue weighted by Crippen LogP contribution is -2.50. The Kier molecular flexibility index (Phi) is 7.65. The lowest BCUT2D eigenvalue weighted by molar-refractivity contribution is -0.201. The number of nitrogens with two attached hydrogens (primary N) is 1. The predicted octanol–water partition coefficient (Wildman–Crippen LogP) is 0.201. The van der Waals surface area contributed by atoms with E-state index in [1.54, 1.807) is 0 Å². The molecule has 9 heteroatoms. The Morgan fingerprint density at radius 1 is 1.42 bits per heavy atom. The van der Waals surface area contributed by atoms with Gasteiger partial charge < -0.3 is 20.9 Å². The van der Waals surface area contributed by atoms with Crippen LogP contribution < -0.4 is 11.1 Å². The highest BCUT2D eigenvalue weighted by Gasteiger charge is 2.38. The molecule has 0 spiro atoms. The van der Waals surface area contributed by atoms with E-state index in [0.717, 1.165) is 0 Å². The van der Waals surface area contributed by atoms with Crippen molar-refractivity contribution in [1.29, 1.82) is 0 Å². The number of alkyl halides is 3. The van der Waals surface area contributed by atoms with Crippen LogP contribution in [0.1, 0.15) is 12.8 Å². The first-order chi connectivity index (χ1) is 8.32. The summed E-state index contributed by atoms with van der Waals surface area (Å²) in [6, 6.07) is -0.866. The Morgan fingerprint density at radius 3 is 2.42 bits per heavy atom. The van der Waals surface area contributed by atoms with Crippen LogP contribution in [0.15, 0.2) is 0 Å². The molecule has 0 radical (unpaired) electrons. The predicted molar refractivity (Wildman–Crippen MR) is 63.8 cm³/mol. The standard InChI is InChI=1S/C10H17F3N2O3.ClH/c11-10(12,13)7(16)5-15-9(17)8(14)6-1-3-18-4-2-6;/h6-8,16H,1-5,14H2,(H,15,17);1H. The van der Waals surface area contributed by atoms with E-state index in [9.17, 15) is 18.0 Å². The Hall–Kier alpha value is -0.570. The minimum Gasteiger partial charge on any atom is -0.382 e. The summed E-state index contributed by atoms with van der Waals surface area (Å²) in [5.41, 5.74) is 5.66. The van der Waals surface area contributed by atoms with Gasteiger partial charge in [-0.1, -0.05) is 0 Å². The van der Waals surface area contributed by atoms with Gasteiger partial charge in [-0.2, -0.15) is 13.2 Å². The largest absolute Gasteiger partial charge is 0.416 e. The Bertz CT molecular complexity index is 286. The van der Waals surface area contributed by atoms with Gasteiger partial charge in [0.05, 0.1) is 12.6 Å². The number of amides is 1. The summed E-state index contributed by atoms with van der Waals surface area (Å²) >= 11 is 0. The van der Waals surface area contributed by atoms with Crippen LogP contribution in [0.2, 0.25) is 0 Å². The van der Waals surface area contributed by atoms with Crippen LogP contribution in [0.4, 0.5) is 13.2 Å². The zero-order chi connectivity index (χ0) is 13.8.